The number of anilines is 1. The van der Waals surface area contributed by atoms with Gasteiger partial charge in [-0.15, -0.1) is 11.3 Å². The fourth-order valence-electron chi connectivity index (χ4n) is 3.53. The number of rotatable bonds is 6. The molecule has 1 N–H and O–H groups in total. The Bertz CT molecular complexity index is 1310. The molecule has 0 saturated heterocycles. The number of amides is 1. The quantitative estimate of drug-likeness (QED) is 0.352. The molecule has 0 aliphatic carbocycles. The van der Waals surface area contributed by atoms with Crippen LogP contribution in [0.25, 0.3) is 22.0 Å². The smallest absolute Gasteiger partial charge is 0.341 e. The fourth-order valence-corrected chi connectivity index (χ4v) is 4.65. The number of hydrogen-bond donors (Lipinski definition) is 1. The maximum Gasteiger partial charge on any atom is 0.341 e. The SMILES string of the molecule is CCOC(=O)c1c(-c2ccc(OC)cc2)csc1NC(=O)c1cc2ccc(Cl)cc2n1C. The lowest BCUT2D eigenvalue weighted by Crippen LogP contribution is -2.17. The molecule has 1 amide bonds. The van der Waals surface area contributed by atoms with Crippen LogP contribution < -0.4 is 10.1 Å². The number of aromatic nitrogens is 1. The van der Waals surface area contributed by atoms with Crippen molar-refractivity contribution in [2.45, 2.75) is 6.92 Å². The first-order valence-electron chi connectivity index (χ1n) is 9.92. The van der Waals surface area contributed by atoms with Gasteiger partial charge in [0, 0.05) is 33.9 Å². The second kappa shape index (κ2) is 9.06. The second-order valence-electron chi connectivity index (χ2n) is 7.05. The largest absolute Gasteiger partial charge is 0.497 e. The zero-order chi connectivity index (χ0) is 22.8. The highest BCUT2D eigenvalue weighted by Gasteiger charge is 2.24. The van der Waals surface area contributed by atoms with Gasteiger partial charge in [0.25, 0.3) is 5.91 Å². The average molecular weight is 469 g/mol. The van der Waals surface area contributed by atoms with Crippen molar-refractivity contribution in [1.82, 2.24) is 4.57 Å². The molecule has 0 bridgehead atoms. The van der Waals surface area contributed by atoms with E-state index in [0.29, 0.717) is 32.6 Å². The predicted molar refractivity (Wildman–Crippen MR) is 128 cm³/mol. The van der Waals surface area contributed by atoms with Crippen LogP contribution in [-0.2, 0) is 11.8 Å². The molecule has 0 radical (unpaired) electrons. The topological polar surface area (TPSA) is 69.6 Å². The normalized spacial score (nSPS) is 10.9. The molecule has 0 spiro atoms. The molecule has 0 aliphatic heterocycles. The third kappa shape index (κ3) is 4.09. The molecule has 0 unspecified atom stereocenters. The Morgan fingerprint density at radius 3 is 2.56 bits per heavy atom. The number of carbonyl (C=O) groups excluding carboxylic acids is 2. The van der Waals surface area contributed by atoms with E-state index in [1.165, 1.54) is 11.3 Å². The van der Waals surface area contributed by atoms with Crippen LogP contribution in [0.4, 0.5) is 5.00 Å². The number of aryl methyl sites for hydroxylation is 1. The highest BCUT2D eigenvalue weighted by molar-refractivity contribution is 7.15. The summed E-state index contributed by atoms with van der Waals surface area (Å²) in [5.74, 6) is -0.0988. The van der Waals surface area contributed by atoms with Crippen molar-refractivity contribution in [3.8, 4) is 16.9 Å². The summed E-state index contributed by atoms with van der Waals surface area (Å²) >= 11 is 7.38. The monoisotopic (exact) mass is 468 g/mol. The Morgan fingerprint density at radius 1 is 1.12 bits per heavy atom. The lowest BCUT2D eigenvalue weighted by atomic mass is 10.0. The third-order valence-electron chi connectivity index (χ3n) is 5.14. The van der Waals surface area contributed by atoms with Gasteiger partial charge in [-0.05, 0) is 42.8 Å². The first kappa shape index (κ1) is 21.9. The molecule has 2 aromatic heterocycles. The van der Waals surface area contributed by atoms with Gasteiger partial charge in [0.15, 0.2) is 0 Å². The van der Waals surface area contributed by atoms with Gasteiger partial charge >= 0.3 is 5.97 Å². The highest BCUT2D eigenvalue weighted by Crippen LogP contribution is 2.37. The van der Waals surface area contributed by atoms with Crippen LogP contribution in [0.5, 0.6) is 5.75 Å². The van der Waals surface area contributed by atoms with E-state index in [1.54, 1.807) is 37.8 Å². The molecule has 164 valence electrons. The number of esters is 1. The van der Waals surface area contributed by atoms with Gasteiger partial charge in [0.05, 0.1) is 13.7 Å². The molecular weight excluding hydrogens is 448 g/mol. The summed E-state index contributed by atoms with van der Waals surface area (Å²) in [6.45, 7) is 1.98. The lowest BCUT2D eigenvalue weighted by Gasteiger charge is -2.10. The Balaban J connectivity index is 1.71. The number of nitrogens with one attached hydrogen (secondary N) is 1. The van der Waals surface area contributed by atoms with Crippen molar-refractivity contribution in [3.63, 3.8) is 0 Å². The highest BCUT2D eigenvalue weighted by atomic mass is 35.5. The molecule has 6 nitrogen and oxygen atoms in total. The standard InChI is InChI=1S/C24H21ClN2O4S/c1-4-31-24(29)21-18(14-6-9-17(30-3)10-7-14)13-32-23(21)26-22(28)20-11-15-5-8-16(25)12-19(15)27(20)2/h5-13H,4H2,1-3H3,(H,26,28). The number of carbonyl (C=O) groups is 2. The number of fused-ring (bicyclic) bond motifs is 1. The maximum absolute atomic E-state index is 13.1. The Morgan fingerprint density at radius 2 is 1.88 bits per heavy atom. The summed E-state index contributed by atoms with van der Waals surface area (Å²) < 4.78 is 12.3. The van der Waals surface area contributed by atoms with Crippen LogP contribution >= 0.6 is 22.9 Å². The van der Waals surface area contributed by atoms with E-state index in [-0.39, 0.29) is 12.5 Å². The van der Waals surface area contributed by atoms with Crippen molar-refractivity contribution in [2.75, 3.05) is 19.0 Å². The summed E-state index contributed by atoms with van der Waals surface area (Å²) in [7, 11) is 3.40. The van der Waals surface area contributed by atoms with E-state index in [9.17, 15) is 9.59 Å². The van der Waals surface area contributed by atoms with Crippen molar-refractivity contribution in [2.24, 2.45) is 7.05 Å². The van der Waals surface area contributed by atoms with Gasteiger partial charge in [-0.3, -0.25) is 4.79 Å². The molecule has 2 heterocycles. The van der Waals surface area contributed by atoms with Crippen molar-refractivity contribution in [3.05, 3.63) is 70.2 Å². The van der Waals surface area contributed by atoms with Crippen LogP contribution in [-0.4, -0.2) is 30.2 Å². The van der Waals surface area contributed by atoms with E-state index >= 15 is 0 Å². The van der Waals surface area contributed by atoms with E-state index in [2.05, 4.69) is 5.32 Å². The van der Waals surface area contributed by atoms with Crippen molar-refractivity contribution < 1.29 is 19.1 Å². The van der Waals surface area contributed by atoms with E-state index in [1.807, 2.05) is 41.8 Å². The molecule has 8 heteroatoms. The molecule has 4 aromatic rings. The zero-order valence-corrected chi connectivity index (χ0v) is 19.3. The average Bonchev–Trinajstić information content (AvgIpc) is 3.35. The number of halogens is 1. The minimum absolute atomic E-state index is 0.230. The number of nitrogens with zero attached hydrogens (tertiary/aromatic N) is 1. The minimum Gasteiger partial charge on any atom is -0.497 e. The summed E-state index contributed by atoms with van der Waals surface area (Å²) in [6.07, 6.45) is 0. The maximum atomic E-state index is 13.1. The predicted octanol–water partition coefficient (Wildman–Crippen LogP) is 6.00. The first-order valence-corrected chi connectivity index (χ1v) is 11.2. The van der Waals surface area contributed by atoms with Gasteiger partial charge in [-0.25, -0.2) is 4.79 Å². The van der Waals surface area contributed by atoms with Crippen LogP contribution in [0.2, 0.25) is 5.02 Å². The van der Waals surface area contributed by atoms with E-state index in [4.69, 9.17) is 21.1 Å². The van der Waals surface area contributed by atoms with Crippen LogP contribution in [0.15, 0.2) is 53.9 Å². The van der Waals surface area contributed by atoms with E-state index < -0.39 is 5.97 Å². The molecule has 0 atom stereocenters. The summed E-state index contributed by atoms with van der Waals surface area (Å²) in [4.78, 5) is 25.9. The van der Waals surface area contributed by atoms with Gasteiger partial charge in [-0.2, -0.15) is 0 Å². The van der Waals surface area contributed by atoms with Gasteiger partial charge in [0.2, 0.25) is 0 Å². The summed E-state index contributed by atoms with van der Waals surface area (Å²) in [5, 5.41) is 6.66. The number of hydrogen-bond acceptors (Lipinski definition) is 5. The third-order valence-corrected chi connectivity index (χ3v) is 6.27. The molecule has 2 aromatic carbocycles. The van der Waals surface area contributed by atoms with Crippen molar-refractivity contribution >= 4 is 50.7 Å². The van der Waals surface area contributed by atoms with E-state index in [0.717, 1.165) is 16.5 Å². The fraction of sp³-hybridized carbons (Fsp3) is 0.167. The zero-order valence-electron chi connectivity index (χ0n) is 17.8. The number of thiophene rings is 1. The van der Waals surface area contributed by atoms with Crippen LogP contribution in [0.1, 0.15) is 27.8 Å². The van der Waals surface area contributed by atoms with Crippen molar-refractivity contribution in [1.29, 1.82) is 0 Å². The number of methoxy groups -OCH3 is 1. The Hall–Kier alpha value is -3.29. The molecule has 4 rings (SSSR count). The van der Waals surface area contributed by atoms with Crippen LogP contribution in [0, 0.1) is 0 Å². The molecule has 32 heavy (non-hydrogen) atoms. The van der Waals surface area contributed by atoms with Crippen LogP contribution in [0.3, 0.4) is 0 Å². The Kier molecular flexibility index (Phi) is 6.21. The molecular formula is C24H21ClN2O4S. The number of benzene rings is 2. The van der Waals surface area contributed by atoms with Gasteiger partial charge < -0.3 is 19.4 Å². The molecule has 0 fully saturated rings. The molecule has 0 saturated carbocycles. The molecule has 0 aliphatic rings. The minimum atomic E-state index is -0.487. The van der Waals surface area contributed by atoms with Gasteiger partial charge in [0.1, 0.15) is 22.0 Å². The van der Waals surface area contributed by atoms with Gasteiger partial charge in [-0.1, -0.05) is 29.8 Å². The Labute approximate surface area is 194 Å². The summed E-state index contributed by atoms with van der Waals surface area (Å²) in [6, 6.07) is 14.6. The lowest BCUT2D eigenvalue weighted by molar-refractivity contribution is 0.0529. The summed E-state index contributed by atoms with van der Waals surface area (Å²) in [5.41, 5.74) is 3.15. The first-order chi connectivity index (χ1) is 15.4. The second-order valence-corrected chi connectivity index (χ2v) is 8.36. The number of ether oxygens (including phenoxy) is 2.